The lowest BCUT2D eigenvalue weighted by Crippen LogP contribution is -2.63. The number of aliphatic carboxylic acids is 1. The second kappa shape index (κ2) is 45.1. The Balaban J connectivity index is 1.46. The fourth-order valence-corrected chi connectivity index (χ4v) is 14.1. The molecule has 2 unspecified atom stereocenters. The monoisotopic (exact) mass is 1580 g/mol. The molecule has 0 aliphatic carbocycles. The number of carboxylic acid groups (broad SMARTS) is 1. The molecule has 110 heavy (non-hydrogen) atoms. The number of benzene rings is 4. The molecule has 6 rings (SSSR count). The summed E-state index contributed by atoms with van der Waals surface area (Å²) in [6, 6.07) is 9.05. The molecule has 0 radical (unpaired) electrons. The minimum Gasteiger partial charge on any atom is -0.480 e. The number of carbonyl (C=O) groups is 14. The van der Waals surface area contributed by atoms with Crippen molar-refractivity contribution in [3.05, 3.63) is 143 Å². The highest BCUT2D eigenvalue weighted by Crippen LogP contribution is 2.25. The van der Waals surface area contributed by atoms with Crippen LogP contribution in [-0.2, 0) is 92.8 Å². The molecule has 1 aliphatic heterocycles. The van der Waals surface area contributed by atoms with E-state index in [4.69, 9.17) is 28.8 Å². The summed E-state index contributed by atoms with van der Waals surface area (Å²) in [6.07, 6.45) is -3.25. The third kappa shape index (κ3) is 28.7. The number of H-pyrrole nitrogens is 1. The molecule has 0 spiro atoms. The van der Waals surface area contributed by atoms with E-state index in [1.165, 1.54) is 12.1 Å². The maximum Gasteiger partial charge on any atom is 0.327 e. The number of aliphatic hydroxyl groups is 3. The number of aromatic nitrogens is 1. The molecule has 1 saturated heterocycles. The van der Waals surface area contributed by atoms with Crippen LogP contribution < -0.4 is 81.0 Å². The quantitative estimate of drug-likeness (QED) is 0.0234. The average Bonchev–Trinajstić information content (AvgIpc) is 1.70. The molecule has 13 amide bonds. The minimum absolute atomic E-state index is 0.135. The number of unbranched alkanes of at least 4 members (excludes halogenated alkanes) is 2. The van der Waals surface area contributed by atoms with Gasteiger partial charge in [-0.1, -0.05) is 124 Å². The summed E-state index contributed by atoms with van der Waals surface area (Å²) in [7, 11) is 1.62. The molecule has 14 atom stereocenters. The lowest BCUT2D eigenvalue weighted by atomic mass is 10.00. The number of hydrogen-bond acceptors (Lipinski definition) is 21. The van der Waals surface area contributed by atoms with Gasteiger partial charge in [-0.25, -0.2) is 4.79 Å². The van der Waals surface area contributed by atoms with Crippen molar-refractivity contribution in [3.8, 4) is 0 Å². The third-order valence-corrected chi connectivity index (χ3v) is 20.2. The second-order valence-corrected chi connectivity index (χ2v) is 29.3. The number of fused-ring (bicyclic) bond motifs is 1. The fourth-order valence-electron chi connectivity index (χ4n) is 11.6. The van der Waals surface area contributed by atoms with Gasteiger partial charge < -0.3 is 106 Å². The summed E-state index contributed by atoms with van der Waals surface area (Å²) in [5, 5.41) is 73.9. The van der Waals surface area contributed by atoms with Gasteiger partial charge in [0.05, 0.1) is 25.2 Å². The molecule has 5 aromatic rings. The van der Waals surface area contributed by atoms with E-state index >= 15 is 14.4 Å². The summed E-state index contributed by atoms with van der Waals surface area (Å²) in [5.74, 6) is -16.2. The van der Waals surface area contributed by atoms with Crippen molar-refractivity contribution in [2.75, 3.05) is 31.2 Å². The predicted octanol–water partition coefficient (Wildman–Crippen LogP) is -2.70. The Bertz CT molecular complexity index is 3980. The van der Waals surface area contributed by atoms with E-state index in [1.807, 2.05) is 0 Å². The van der Waals surface area contributed by atoms with Gasteiger partial charge in [-0.3, -0.25) is 62.3 Å². The van der Waals surface area contributed by atoms with Crippen LogP contribution >= 0.6 is 33.2 Å². The topological polar surface area (TPSA) is 558 Å². The van der Waals surface area contributed by atoms with Crippen LogP contribution in [0.3, 0.4) is 0 Å². The number of carbonyl (C=O) groups excluding carboxylic acids is 13. The molecule has 596 valence electrons. The standard InChI is InChI=1S/C73H97ClN16O18S2/c1-39(92)60-71(105)86-53(31-43-18-8-5-9-19-43)68(102)90-61(40(2)93)72(106)87-56(36-91)69(103)88-58(73(107)108)38-110-109-37-57(79-41(3)94)70(104)81-49(22-12-14-28-75)62(96)85-55(34-59(77)95)67(101)83-52(32-44-24-26-46(74)27-25-44)64(98)82-51(30-42-16-6-4-7-17-42)65(99)84-54(33-45-35-78-48-21-11-10-20-47(45)48)66(100)80-50(63(97)89-60)23-13-15-29-76/h4-11,16-21,24-27,35,39-40,49-58,60-61,78,91-93H,12-15,22-23,28-34,36-38,75-76H2,1-3H3,(H2,77,95)(H,79,94)(H,80,100)(H,81,104)(H,82,98)(H,83,101)(H,84,99)(H,85,96)(H,86,105)(H,87,106)(H,88,103)(H,89,97)(H,90,102)(H,107,108)/t39-,40-,49+,50+,51+,52+,53+,54-,55+,56+,57+,58+,60?,61?/m1/s1. The highest BCUT2D eigenvalue weighted by molar-refractivity contribution is 8.76. The number of carboxylic acids is 1. The molecule has 0 bridgehead atoms. The number of para-hydroxylation sites is 1. The predicted molar refractivity (Wildman–Crippen MR) is 409 cm³/mol. The van der Waals surface area contributed by atoms with Gasteiger partial charge in [0.2, 0.25) is 76.8 Å². The lowest BCUT2D eigenvalue weighted by molar-refractivity contribution is -0.142. The van der Waals surface area contributed by atoms with Crippen LogP contribution in [0.2, 0.25) is 5.02 Å². The zero-order valence-electron chi connectivity index (χ0n) is 60.8. The van der Waals surface area contributed by atoms with Crippen molar-refractivity contribution in [3.63, 3.8) is 0 Å². The smallest absolute Gasteiger partial charge is 0.327 e. The van der Waals surface area contributed by atoms with E-state index in [0.29, 0.717) is 51.0 Å². The number of halogens is 1. The number of aliphatic hydroxyl groups excluding tert-OH is 3. The number of hydrogen-bond donors (Lipinski definition) is 20. The Hall–Kier alpha value is -10.2. The van der Waals surface area contributed by atoms with Crippen molar-refractivity contribution in [1.29, 1.82) is 0 Å². The molecular weight excluding hydrogens is 1490 g/mol. The molecule has 4 aromatic carbocycles. The molecule has 0 saturated carbocycles. The van der Waals surface area contributed by atoms with E-state index < -0.39 is 186 Å². The highest BCUT2D eigenvalue weighted by atomic mass is 35.5. The largest absolute Gasteiger partial charge is 0.480 e. The third-order valence-electron chi connectivity index (χ3n) is 17.5. The average molecular weight is 1590 g/mol. The number of aromatic amines is 1. The number of primary amides is 1. The van der Waals surface area contributed by atoms with Crippen LogP contribution in [0, 0.1) is 0 Å². The first-order chi connectivity index (χ1) is 52.5. The van der Waals surface area contributed by atoms with Gasteiger partial charge in [0, 0.05) is 66.2 Å². The Morgan fingerprint density at radius 1 is 0.482 bits per heavy atom. The van der Waals surface area contributed by atoms with Gasteiger partial charge in [0.1, 0.15) is 72.5 Å². The molecule has 1 aliphatic rings. The minimum atomic E-state index is -1.96. The van der Waals surface area contributed by atoms with Crippen LogP contribution in [-0.4, -0.2) is 224 Å². The van der Waals surface area contributed by atoms with E-state index in [1.54, 1.807) is 103 Å². The van der Waals surface area contributed by atoms with Crippen molar-refractivity contribution < 1.29 is 87.5 Å². The van der Waals surface area contributed by atoms with Crippen LogP contribution in [0.4, 0.5) is 0 Å². The molecule has 23 N–H and O–H groups in total. The number of nitrogens with two attached hydrogens (primary N) is 3. The molecule has 34 nitrogen and oxygen atoms in total. The molecule has 2 heterocycles. The van der Waals surface area contributed by atoms with Crippen molar-refractivity contribution in [2.45, 2.75) is 176 Å². The van der Waals surface area contributed by atoms with Crippen molar-refractivity contribution in [2.24, 2.45) is 17.2 Å². The normalized spacial score (nSPS) is 24.1. The lowest BCUT2D eigenvalue weighted by Gasteiger charge is -2.29. The Morgan fingerprint density at radius 3 is 1.35 bits per heavy atom. The first-order valence-electron chi connectivity index (χ1n) is 35.6. The van der Waals surface area contributed by atoms with Gasteiger partial charge >= 0.3 is 5.97 Å². The molecular formula is C73H97ClN16O18S2. The van der Waals surface area contributed by atoms with Gasteiger partial charge in [0.25, 0.3) is 0 Å². The summed E-state index contributed by atoms with van der Waals surface area (Å²) in [6.45, 7) is 2.44. The van der Waals surface area contributed by atoms with Crippen LogP contribution in [0.1, 0.15) is 88.0 Å². The Kier molecular flexibility index (Phi) is 36.3. The van der Waals surface area contributed by atoms with E-state index in [0.717, 1.165) is 42.4 Å². The zero-order chi connectivity index (χ0) is 80.6. The molecule has 1 fully saturated rings. The van der Waals surface area contributed by atoms with Crippen molar-refractivity contribution >= 4 is 127 Å². The highest BCUT2D eigenvalue weighted by Gasteiger charge is 2.40. The van der Waals surface area contributed by atoms with Crippen molar-refractivity contribution in [1.82, 2.24) is 68.8 Å². The number of nitrogens with one attached hydrogen (secondary N) is 13. The SMILES string of the molecule is CC(=O)N[C@H]1CSSC[C@@H](C(=O)O)NC(=O)[C@H](CO)NC(=O)C([C@@H](C)O)NC(=O)[C@H](Cc2ccccc2)NC(=O)C([C@@H](C)O)NC(=O)[C@H](CCCCN)NC(=O)[C@@H](Cc2c[nH]c3ccccc23)NC(=O)[C@H](Cc2ccccc2)NC(=O)[C@H](Cc2ccc(Cl)cc2)NC(=O)[C@H](CC(N)=O)NC(=O)[C@H](CCCCN)NC1=O. The first-order valence-corrected chi connectivity index (χ1v) is 38.5. The Labute approximate surface area is 647 Å². The maximum atomic E-state index is 15.4. The second-order valence-electron chi connectivity index (χ2n) is 26.4. The maximum absolute atomic E-state index is 15.4. The van der Waals surface area contributed by atoms with Crippen LogP contribution in [0.5, 0.6) is 0 Å². The summed E-state index contributed by atoms with van der Waals surface area (Å²) in [5.41, 5.74) is 19.9. The number of amides is 13. The van der Waals surface area contributed by atoms with Gasteiger partial charge in [-0.05, 0) is 106 Å². The Morgan fingerprint density at radius 2 is 0.873 bits per heavy atom. The van der Waals surface area contributed by atoms with Gasteiger partial charge in [-0.15, -0.1) is 0 Å². The summed E-state index contributed by atoms with van der Waals surface area (Å²) >= 11 is 6.27. The summed E-state index contributed by atoms with van der Waals surface area (Å²) < 4.78 is 0. The van der Waals surface area contributed by atoms with Gasteiger partial charge in [0.15, 0.2) is 0 Å². The van der Waals surface area contributed by atoms with E-state index in [-0.39, 0.29) is 70.2 Å². The van der Waals surface area contributed by atoms with E-state index in [9.17, 15) is 73.2 Å². The number of rotatable bonds is 23. The van der Waals surface area contributed by atoms with E-state index in [2.05, 4.69) is 68.8 Å². The van der Waals surface area contributed by atoms with Crippen LogP contribution in [0.15, 0.2) is 115 Å². The zero-order valence-corrected chi connectivity index (χ0v) is 63.2. The van der Waals surface area contributed by atoms with Crippen LogP contribution in [0.25, 0.3) is 10.9 Å². The summed E-state index contributed by atoms with van der Waals surface area (Å²) in [4.78, 5) is 202. The first kappa shape index (κ1) is 88.7. The van der Waals surface area contributed by atoms with Gasteiger partial charge in [-0.2, -0.15) is 0 Å². The fraction of sp³-hybridized carbons (Fsp3) is 0.452. The molecule has 37 heteroatoms. The molecule has 1 aromatic heterocycles.